The van der Waals surface area contributed by atoms with Crippen LogP contribution in [-0.4, -0.2) is 16.3 Å². The molecule has 3 N–H and O–H groups in total. The van der Waals surface area contributed by atoms with E-state index in [2.05, 4.69) is 36.9 Å². The summed E-state index contributed by atoms with van der Waals surface area (Å²) in [5, 5.41) is 21.8. The molecule has 0 heterocycles. The van der Waals surface area contributed by atoms with E-state index in [1.807, 2.05) is 36.7 Å². The monoisotopic (exact) mass is 324 g/mol. The fraction of sp³-hybridized carbons (Fsp3) is 0.250. The molecule has 2 aromatic rings. The standard InChI is InChI=1S/C20H24N2O2/c1-4-8-15-12-17(16-9-6-5-7-10-16)18(11-14(2)3)19(13-15)20(21-23)22-24/h5-7,9-10,12-13,23-24H,2,4,8,11H2,1,3H3,(H,21,22). The van der Waals surface area contributed by atoms with Gasteiger partial charge in [-0.15, -0.1) is 0 Å². The minimum Gasteiger partial charge on any atom is -0.409 e. The third-order valence-corrected chi connectivity index (χ3v) is 3.87. The number of allylic oxidation sites excluding steroid dienone is 1. The predicted octanol–water partition coefficient (Wildman–Crippen LogP) is 4.54. The molecule has 0 unspecified atom stereocenters. The molecule has 2 aromatic carbocycles. The smallest absolute Gasteiger partial charge is 0.196 e. The van der Waals surface area contributed by atoms with Crippen LogP contribution in [0.15, 0.2) is 59.8 Å². The van der Waals surface area contributed by atoms with E-state index < -0.39 is 0 Å². The zero-order chi connectivity index (χ0) is 17.5. The quantitative estimate of drug-likeness (QED) is 0.240. The lowest BCUT2D eigenvalue weighted by molar-refractivity contribution is 0.223. The molecule has 0 atom stereocenters. The first-order valence-corrected chi connectivity index (χ1v) is 8.08. The van der Waals surface area contributed by atoms with Crippen molar-refractivity contribution in [3.05, 3.63) is 71.3 Å². The molecule has 126 valence electrons. The number of hydrogen-bond acceptors (Lipinski definition) is 3. The number of nitrogens with zero attached hydrogens (tertiary/aromatic N) is 1. The van der Waals surface area contributed by atoms with Crippen molar-refractivity contribution in [2.45, 2.75) is 33.1 Å². The summed E-state index contributed by atoms with van der Waals surface area (Å²) in [6, 6.07) is 14.2. The number of nitrogens with one attached hydrogen (secondary N) is 1. The average molecular weight is 324 g/mol. The maximum Gasteiger partial charge on any atom is 0.196 e. The van der Waals surface area contributed by atoms with Crippen LogP contribution in [0.4, 0.5) is 0 Å². The Morgan fingerprint density at radius 1 is 1.21 bits per heavy atom. The molecule has 0 aliphatic carbocycles. The molecule has 2 rings (SSSR count). The number of aryl methyl sites for hydroxylation is 1. The molecule has 0 bridgehead atoms. The highest BCUT2D eigenvalue weighted by atomic mass is 16.5. The Kier molecular flexibility index (Phi) is 6.15. The van der Waals surface area contributed by atoms with Crippen molar-refractivity contribution in [2.24, 2.45) is 5.16 Å². The van der Waals surface area contributed by atoms with Gasteiger partial charge < -0.3 is 5.21 Å². The summed E-state index contributed by atoms with van der Waals surface area (Å²) >= 11 is 0. The molecule has 0 spiro atoms. The summed E-state index contributed by atoms with van der Waals surface area (Å²) in [6.07, 6.45) is 2.54. The molecule has 0 fully saturated rings. The summed E-state index contributed by atoms with van der Waals surface area (Å²) in [5.41, 5.74) is 7.94. The van der Waals surface area contributed by atoms with Gasteiger partial charge in [0.05, 0.1) is 0 Å². The highest BCUT2D eigenvalue weighted by molar-refractivity contribution is 6.01. The van der Waals surface area contributed by atoms with E-state index >= 15 is 0 Å². The van der Waals surface area contributed by atoms with Crippen LogP contribution in [0.1, 0.15) is 37.0 Å². The molecule has 4 nitrogen and oxygen atoms in total. The van der Waals surface area contributed by atoms with Crippen LogP contribution in [0.25, 0.3) is 11.1 Å². The highest BCUT2D eigenvalue weighted by Gasteiger charge is 2.17. The van der Waals surface area contributed by atoms with Crippen LogP contribution >= 0.6 is 0 Å². The van der Waals surface area contributed by atoms with E-state index in [1.54, 1.807) is 0 Å². The fourth-order valence-corrected chi connectivity index (χ4v) is 2.88. The minimum absolute atomic E-state index is 0.0429. The largest absolute Gasteiger partial charge is 0.409 e. The Morgan fingerprint density at radius 3 is 2.46 bits per heavy atom. The van der Waals surface area contributed by atoms with Crippen LogP contribution < -0.4 is 5.48 Å². The van der Waals surface area contributed by atoms with Crippen LogP contribution in [0.5, 0.6) is 0 Å². The third-order valence-electron chi connectivity index (χ3n) is 3.87. The van der Waals surface area contributed by atoms with Crippen molar-refractivity contribution in [3.63, 3.8) is 0 Å². The van der Waals surface area contributed by atoms with Crippen molar-refractivity contribution in [1.29, 1.82) is 0 Å². The van der Waals surface area contributed by atoms with Gasteiger partial charge in [0.2, 0.25) is 0 Å². The Balaban J connectivity index is 2.76. The van der Waals surface area contributed by atoms with Gasteiger partial charge in [-0.2, -0.15) is 0 Å². The Morgan fingerprint density at radius 2 is 1.92 bits per heavy atom. The topological polar surface area (TPSA) is 64.9 Å². The van der Waals surface area contributed by atoms with Crippen LogP contribution in [0.2, 0.25) is 0 Å². The van der Waals surface area contributed by atoms with Gasteiger partial charge >= 0.3 is 0 Å². The molecular formula is C20H24N2O2. The molecule has 0 saturated carbocycles. The van der Waals surface area contributed by atoms with Crippen molar-refractivity contribution >= 4 is 5.84 Å². The lowest BCUT2D eigenvalue weighted by Gasteiger charge is -2.18. The second-order valence-electron chi connectivity index (χ2n) is 5.98. The number of amidine groups is 1. The van der Waals surface area contributed by atoms with Gasteiger partial charge in [0.1, 0.15) is 0 Å². The van der Waals surface area contributed by atoms with Crippen molar-refractivity contribution in [1.82, 2.24) is 5.48 Å². The normalized spacial score (nSPS) is 11.4. The minimum atomic E-state index is 0.0429. The highest BCUT2D eigenvalue weighted by Crippen LogP contribution is 2.30. The summed E-state index contributed by atoms with van der Waals surface area (Å²) in [6.45, 7) is 8.09. The Hall–Kier alpha value is -2.59. The van der Waals surface area contributed by atoms with Gasteiger partial charge in [-0.25, -0.2) is 5.48 Å². The first-order chi connectivity index (χ1) is 11.6. The number of oxime groups is 1. The summed E-state index contributed by atoms with van der Waals surface area (Å²) in [4.78, 5) is 0. The molecule has 0 amide bonds. The SMILES string of the molecule is C=C(C)Cc1c(C(=NO)NO)cc(CCC)cc1-c1ccccc1. The van der Waals surface area contributed by atoms with Crippen LogP contribution in [0.3, 0.4) is 0 Å². The van der Waals surface area contributed by atoms with E-state index in [4.69, 9.17) is 0 Å². The summed E-state index contributed by atoms with van der Waals surface area (Å²) in [7, 11) is 0. The number of rotatable bonds is 6. The zero-order valence-electron chi connectivity index (χ0n) is 14.2. The van der Waals surface area contributed by atoms with E-state index in [0.29, 0.717) is 12.0 Å². The van der Waals surface area contributed by atoms with Crippen molar-refractivity contribution in [3.8, 4) is 11.1 Å². The molecular weight excluding hydrogens is 300 g/mol. The van der Waals surface area contributed by atoms with Gasteiger partial charge in [-0.05, 0) is 48.1 Å². The van der Waals surface area contributed by atoms with E-state index in [1.165, 1.54) is 0 Å². The molecule has 0 aliphatic heterocycles. The van der Waals surface area contributed by atoms with Crippen molar-refractivity contribution < 1.29 is 10.4 Å². The second-order valence-corrected chi connectivity index (χ2v) is 5.98. The van der Waals surface area contributed by atoms with Crippen LogP contribution in [0, 0.1) is 0 Å². The lowest BCUT2D eigenvalue weighted by atomic mass is 9.88. The Labute approximate surface area is 143 Å². The number of hydrogen-bond donors (Lipinski definition) is 3. The van der Waals surface area contributed by atoms with Gasteiger partial charge in [0, 0.05) is 5.56 Å². The van der Waals surface area contributed by atoms with E-state index in [9.17, 15) is 10.4 Å². The van der Waals surface area contributed by atoms with Gasteiger partial charge in [0.15, 0.2) is 5.84 Å². The molecule has 4 heteroatoms. The zero-order valence-corrected chi connectivity index (χ0v) is 14.2. The number of benzene rings is 2. The first kappa shape index (κ1) is 17.8. The van der Waals surface area contributed by atoms with Gasteiger partial charge in [-0.1, -0.05) is 67.1 Å². The molecule has 0 aliphatic rings. The molecule has 0 aromatic heterocycles. The number of hydroxylamine groups is 1. The van der Waals surface area contributed by atoms with Crippen molar-refractivity contribution in [2.75, 3.05) is 0 Å². The van der Waals surface area contributed by atoms with Gasteiger partial charge in [-0.3, -0.25) is 5.21 Å². The van der Waals surface area contributed by atoms with Crippen LogP contribution in [-0.2, 0) is 12.8 Å². The molecule has 24 heavy (non-hydrogen) atoms. The second kappa shape index (κ2) is 8.31. The van der Waals surface area contributed by atoms with E-state index in [-0.39, 0.29) is 5.84 Å². The summed E-state index contributed by atoms with van der Waals surface area (Å²) in [5.74, 6) is 0.0429. The Bertz CT molecular complexity index is 737. The summed E-state index contributed by atoms with van der Waals surface area (Å²) < 4.78 is 0. The maximum absolute atomic E-state index is 9.36. The molecule has 0 radical (unpaired) electrons. The predicted molar refractivity (Wildman–Crippen MR) is 97.6 cm³/mol. The first-order valence-electron chi connectivity index (χ1n) is 8.08. The lowest BCUT2D eigenvalue weighted by Crippen LogP contribution is -2.22. The average Bonchev–Trinajstić information content (AvgIpc) is 2.58. The third kappa shape index (κ3) is 4.03. The van der Waals surface area contributed by atoms with Gasteiger partial charge in [0.25, 0.3) is 0 Å². The maximum atomic E-state index is 9.36. The molecule has 0 saturated heterocycles. The van der Waals surface area contributed by atoms with E-state index in [0.717, 1.165) is 40.7 Å². The fourth-order valence-electron chi connectivity index (χ4n) is 2.88.